The number of aromatic nitrogens is 1. The van der Waals surface area contributed by atoms with Gasteiger partial charge in [0.05, 0.1) is 17.2 Å². The molecular formula is C17H21N3O3S. The van der Waals surface area contributed by atoms with E-state index in [2.05, 4.69) is 10.3 Å². The molecule has 1 aromatic heterocycles. The number of fused-ring (bicyclic) bond motifs is 1. The van der Waals surface area contributed by atoms with Crippen LogP contribution in [0.5, 0.6) is 11.5 Å². The molecule has 1 aliphatic rings. The summed E-state index contributed by atoms with van der Waals surface area (Å²) in [7, 11) is 1.76. The molecule has 1 atom stereocenters. The maximum atomic E-state index is 12.2. The van der Waals surface area contributed by atoms with Gasteiger partial charge in [-0.05, 0) is 19.1 Å². The van der Waals surface area contributed by atoms with E-state index in [1.54, 1.807) is 23.3 Å². The van der Waals surface area contributed by atoms with Crippen LogP contribution in [0.2, 0.25) is 0 Å². The first-order valence-corrected chi connectivity index (χ1v) is 8.78. The van der Waals surface area contributed by atoms with E-state index < -0.39 is 0 Å². The number of amides is 2. The summed E-state index contributed by atoms with van der Waals surface area (Å²) in [5.41, 5.74) is 1.01. The van der Waals surface area contributed by atoms with Gasteiger partial charge >= 0.3 is 6.03 Å². The van der Waals surface area contributed by atoms with Gasteiger partial charge in [0.2, 0.25) is 0 Å². The molecule has 2 heterocycles. The number of thiazole rings is 1. The maximum Gasteiger partial charge on any atom is 0.317 e. The van der Waals surface area contributed by atoms with Crippen LogP contribution in [0.1, 0.15) is 10.7 Å². The number of nitrogens with one attached hydrogen (secondary N) is 1. The highest BCUT2D eigenvalue weighted by molar-refractivity contribution is 7.09. The first-order valence-electron chi connectivity index (χ1n) is 7.90. The molecule has 0 fully saturated rings. The zero-order chi connectivity index (χ0) is 16.9. The van der Waals surface area contributed by atoms with Crippen molar-refractivity contribution < 1.29 is 14.3 Å². The fourth-order valence-corrected chi connectivity index (χ4v) is 3.14. The predicted molar refractivity (Wildman–Crippen MR) is 92.9 cm³/mol. The second-order valence-electron chi connectivity index (χ2n) is 5.72. The average molecular weight is 347 g/mol. The zero-order valence-corrected chi connectivity index (χ0v) is 14.6. The molecule has 0 saturated carbocycles. The quantitative estimate of drug-likeness (QED) is 0.902. The zero-order valence-electron chi connectivity index (χ0n) is 13.8. The van der Waals surface area contributed by atoms with E-state index in [0.29, 0.717) is 19.7 Å². The first kappa shape index (κ1) is 16.6. The van der Waals surface area contributed by atoms with Crippen LogP contribution in [-0.2, 0) is 6.42 Å². The average Bonchev–Trinajstić information content (AvgIpc) is 3.00. The van der Waals surface area contributed by atoms with Gasteiger partial charge in [-0.2, -0.15) is 0 Å². The van der Waals surface area contributed by atoms with Crippen molar-refractivity contribution in [1.29, 1.82) is 0 Å². The normalized spacial score (nSPS) is 15.8. The summed E-state index contributed by atoms with van der Waals surface area (Å²) in [5.74, 6) is 1.47. The molecule has 0 saturated heterocycles. The summed E-state index contributed by atoms with van der Waals surface area (Å²) >= 11 is 1.62. The number of benzene rings is 1. The number of carbonyl (C=O) groups excluding carboxylic acids is 1. The molecule has 0 bridgehead atoms. The maximum absolute atomic E-state index is 12.2. The van der Waals surface area contributed by atoms with Crippen LogP contribution in [0.3, 0.4) is 0 Å². The molecular weight excluding hydrogens is 326 g/mol. The number of urea groups is 1. The van der Waals surface area contributed by atoms with Gasteiger partial charge in [-0.15, -0.1) is 11.3 Å². The summed E-state index contributed by atoms with van der Waals surface area (Å²) in [6.45, 7) is 3.45. The molecule has 3 rings (SSSR count). The van der Waals surface area contributed by atoms with Crippen LogP contribution in [0, 0.1) is 6.92 Å². The molecule has 1 unspecified atom stereocenters. The lowest BCUT2D eigenvalue weighted by molar-refractivity contribution is 0.0716. The van der Waals surface area contributed by atoms with Gasteiger partial charge in [-0.1, -0.05) is 12.1 Å². The van der Waals surface area contributed by atoms with E-state index in [0.717, 1.165) is 28.6 Å². The summed E-state index contributed by atoms with van der Waals surface area (Å²) in [4.78, 5) is 18.2. The topological polar surface area (TPSA) is 63.7 Å². The summed E-state index contributed by atoms with van der Waals surface area (Å²) in [6.07, 6.45) is 0.567. The largest absolute Gasteiger partial charge is 0.486 e. The van der Waals surface area contributed by atoms with Crippen molar-refractivity contribution in [2.75, 3.05) is 26.7 Å². The van der Waals surface area contributed by atoms with Gasteiger partial charge in [-0.3, -0.25) is 0 Å². The van der Waals surface area contributed by atoms with Crippen LogP contribution in [-0.4, -0.2) is 48.8 Å². The number of carbonyl (C=O) groups is 1. The fraction of sp³-hybridized carbons (Fsp3) is 0.412. The lowest BCUT2D eigenvalue weighted by atomic mass is 10.2. The number of para-hydroxylation sites is 2. The third kappa shape index (κ3) is 4.17. The van der Waals surface area contributed by atoms with E-state index in [-0.39, 0.29) is 12.1 Å². The van der Waals surface area contributed by atoms with Crippen molar-refractivity contribution in [3.63, 3.8) is 0 Å². The molecule has 0 radical (unpaired) electrons. The second kappa shape index (κ2) is 7.53. The molecule has 1 aliphatic heterocycles. The van der Waals surface area contributed by atoms with Crippen molar-refractivity contribution in [2.45, 2.75) is 19.4 Å². The molecule has 24 heavy (non-hydrogen) atoms. The minimum Gasteiger partial charge on any atom is -0.486 e. The third-order valence-corrected chi connectivity index (χ3v) is 4.54. The monoisotopic (exact) mass is 347 g/mol. The molecule has 2 amide bonds. The molecule has 1 N–H and O–H groups in total. The fourth-order valence-electron chi connectivity index (χ4n) is 2.50. The Morgan fingerprint density at radius 3 is 2.96 bits per heavy atom. The van der Waals surface area contributed by atoms with Crippen molar-refractivity contribution in [1.82, 2.24) is 15.2 Å². The van der Waals surface area contributed by atoms with E-state index in [4.69, 9.17) is 9.47 Å². The Morgan fingerprint density at radius 2 is 2.21 bits per heavy atom. The van der Waals surface area contributed by atoms with Gasteiger partial charge in [0, 0.05) is 25.4 Å². The van der Waals surface area contributed by atoms with Gasteiger partial charge in [-0.25, -0.2) is 9.78 Å². The van der Waals surface area contributed by atoms with Crippen LogP contribution in [0.25, 0.3) is 0 Å². The minimum absolute atomic E-state index is 0.121. The number of likely N-dealkylation sites (N-methyl/N-ethyl adjacent to an activating group) is 1. The minimum atomic E-state index is -0.170. The Kier molecular flexibility index (Phi) is 5.20. The van der Waals surface area contributed by atoms with Crippen LogP contribution < -0.4 is 14.8 Å². The Bertz CT molecular complexity index is 704. The third-order valence-electron chi connectivity index (χ3n) is 3.72. The predicted octanol–water partition coefficient (Wildman–Crippen LogP) is 2.48. The van der Waals surface area contributed by atoms with Gasteiger partial charge in [0.15, 0.2) is 17.6 Å². The van der Waals surface area contributed by atoms with E-state index in [1.807, 2.05) is 36.6 Å². The van der Waals surface area contributed by atoms with E-state index >= 15 is 0 Å². The van der Waals surface area contributed by atoms with Gasteiger partial charge in [0.1, 0.15) is 6.61 Å². The van der Waals surface area contributed by atoms with E-state index in [9.17, 15) is 4.79 Å². The van der Waals surface area contributed by atoms with Crippen LogP contribution in [0.4, 0.5) is 4.79 Å². The van der Waals surface area contributed by atoms with Crippen LogP contribution >= 0.6 is 11.3 Å². The molecule has 2 aromatic rings. The number of rotatable bonds is 5. The smallest absolute Gasteiger partial charge is 0.317 e. The Labute approximate surface area is 145 Å². The molecule has 128 valence electrons. The number of ether oxygens (including phenoxy) is 2. The Hall–Kier alpha value is -2.28. The molecule has 7 heteroatoms. The number of aryl methyl sites for hydroxylation is 1. The molecule has 0 aliphatic carbocycles. The summed E-state index contributed by atoms with van der Waals surface area (Å²) in [5, 5.41) is 5.97. The Morgan fingerprint density at radius 1 is 1.42 bits per heavy atom. The summed E-state index contributed by atoms with van der Waals surface area (Å²) in [6, 6.07) is 7.44. The Balaban J connectivity index is 1.43. The van der Waals surface area contributed by atoms with Crippen molar-refractivity contribution in [3.8, 4) is 11.5 Å². The number of hydrogen-bond acceptors (Lipinski definition) is 5. The lowest BCUT2D eigenvalue weighted by Gasteiger charge is -2.29. The van der Waals surface area contributed by atoms with Gasteiger partial charge < -0.3 is 19.7 Å². The van der Waals surface area contributed by atoms with Crippen molar-refractivity contribution in [3.05, 3.63) is 40.3 Å². The highest BCUT2D eigenvalue weighted by Crippen LogP contribution is 2.30. The molecule has 0 spiro atoms. The number of hydrogen-bond donors (Lipinski definition) is 1. The highest BCUT2D eigenvalue weighted by atomic mass is 32.1. The summed E-state index contributed by atoms with van der Waals surface area (Å²) < 4.78 is 11.5. The van der Waals surface area contributed by atoms with Gasteiger partial charge in [0.25, 0.3) is 0 Å². The van der Waals surface area contributed by atoms with E-state index in [1.165, 1.54) is 0 Å². The van der Waals surface area contributed by atoms with Crippen molar-refractivity contribution in [2.24, 2.45) is 0 Å². The highest BCUT2D eigenvalue weighted by Gasteiger charge is 2.23. The van der Waals surface area contributed by atoms with Crippen molar-refractivity contribution >= 4 is 17.4 Å². The second-order valence-corrected chi connectivity index (χ2v) is 6.78. The molecule has 1 aromatic carbocycles. The number of nitrogens with zero attached hydrogens (tertiary/aromatic N) is 2. The molecule has 6 nitrogen and oxygen atoms in total. The SMILES string of the molecule is Cc1nc(CCNC(=O)N(C)CC2COc3ccccc3O2)cs1. The first-order chi connectivity index (χ1) is 11.6. The lowest BCUT2D eigenvalue weighted by Crippen LogP contribution is -2.45. The van der Waals surface area contributed by atoms with Crippen LogP contribution in [0.15, 0.2) is 29.6 Å². The standard InChI is InChI=1S/C17H21N3O3S/c1-12-19-13(11-24-12)7-8-18-17(21)20(2)9-14-10-22-15-5-3-4-6-16(15)23-14/h3-6,11,14H,7-10H2,1-2H3,(H,18,21).